The largest absolute Gasteiger partial charge is 0.295 e. The van der Waals surface area contributed by atoms with Crippen molar-refractivity contribution in [1.82, 2.24) is 4.90 Å². The Labute approximate surface area is 95.3 Å². The molecule has 1 saturated carbocycles. The van der Waals surface area contributed by atoms with E-state index in [1.165, 1.54) is 18.9 Å². The van der Waals surface area contributed by atoms with Gasteiger partial charge < -0.3 is 0 Å². The van der Waals surface area contributed by atoms with E-state index in [1.807, 2.05) is 12.1 Å². The minimum atomic E-state index is -0.148. The lowest BCUT2D eigenvalue weighted by Gasteiger charge is -2.20. The summed E-state index contributed by atoms with van der Waals surface area (Å²) in [5.74, 6) is -0.148. The standard InChI is InChI=1S/C13H15FN2/c14-13-5-2-1-4-11(13)10-16(9-3-8-15)12-6-7-12/h1-2,4-5,12H,3,6-7,9-10H2. The quantitative estimate of drug-likeness (QED) is 0.759. The molecule has 16 heavy (non-hydrogen) atoms. The van der Waals surface area contributed by atoms with Crippen molar-refractivity contribution in [1.29, 1.82) is 5.26 Å². The van der Waals surface area contributed by atoms with Crippen LogP contribution in [0.3, 0.4) is 0 Å². The molecule has 0 amide bonds. The van der Waals surface area contributed by atoms with Crippen molar-refractivity contribution in [2.24, 2.45) is 0 Å². The van der Waals surface area contributed by atoms with Crippen LogP contribution in [0.2, 0.25) is 0 Å². The first kappa shape index (κ1) is 11.1. The third-order valence-corrected chi connectivity index (χ3v) is 2.91. The van der Waals surface area contributed by atoms with Crippen molar-refractivity contribution in [2.45, 2.75) is 31.8 Å². The maximum atomic E-state index is 13.5. The topological polar surface area (TPSA) is 27.0 Å². The van der Waals surface area contributed by atoms with E-state index in [0.717, 1.165) is 12.1 Å². The van der Waals surface area contributed by atoms with Crippen LogP contribution in [0.5, 0.6) is 0 Å². The predicted octanol–water partition coefficient (Wildman–Crippen LogP) is 2.70. The van der Waals surface area contributed by atoms with Crippen LogP contribution in [0.1, 0.15) is 24.8 Å². The molecule has 1 aliphatic rings. The maximum Gasteiger partial charge on any atom is 0.127 e. The number of benzene rings is 1. The van der Waals surface area contributed by atoms with Crippen LogP contribution in [-0.4, -0.2) is 17.5 Å². The lowest BCUT2D eigenvalue weighted by molar-refractivity contribution is 0.257. The number of halogens is 1. The summed E-state index contributed by atoms with van der Waals surface area (Å²) in [7, 11) is 0. The summed E-state index contributed by atoms with van der Waals surface area (Å²) in [4.78, 5) is 2.21. The minimum absolute atomic E-state index is 0.148. The van der Waals surface area contributed by atoms with Crippen LogP contribution in [0.15, 0.2) is 24.3 Å². The SMILES string of the molecule is N#CCCN(Cc1ccccc1F)C1CC1. The number of rotatable bonds is 5. The molecule has 3 heteroatoms. The average Bonchev–Trinajstić information content (AvgIpc) is 3.10. The molecule has 0 bridgehead atoms. The molecule has 84 valence electrons. The van der Waals surface area contributed by atoms with E-state index < -0.39 is 0 Å². The van der Waals surface area contributed by atoms with Gasteiger partial charge in [-0.15, -0.1) is 0 Å². The van der Waals surface area contributed by atoms with Crippen LogP contribution in [0, 0.1) is 17.1 Å². The number of nitriles is 1. The summed E-state index contributed by atoms with van der Waals surface area (Å²) in [5.41, 5.74) is 0.729. The summed E-state index contributed by atoms with van der Waals surface area (Å²) in [5, 5.41) is 8.59. The van der Waals surface area contributed by atoms with Crippen LogP contribution in [0.4, 0.5) is 4.39 Å². The van der Waals surface area contributed by atoms with Gasteiger partial charge in [0.1, 0.15) is 5.82 Å². The molecule has 0 heterocycles. The molecule has 0 atom stereocenters. The van der Waals surface area contributed by atoms with Gasteiger partial charge in [0.05, 0.1) is 6.07 Å². The second-order valence-corrected chi connectivity index (χ2v) is 4.20. The molecule has 0 radical (unpaired) electrons. The van der Waals surface area contributed by atoms with Gasteiger partial charge in [0.25, 0.3) is 0 Å². The average molecular weight is 218 g/mol. The first-order valence-electron chi connectivity index (χ1n) is 5.65. The zero-order valence-corrected chi connectivity index (χ0v) is 9.19. The van der Waals surface area contributed by atoms with E-state index in [0.29, 0.717) is 19.0 Å². The Kier molecular flexibility index (Phi) is 3.53. The molecule has 2 nitrogen and oxygen atoms in total. The molecule has 0 aliphatic heterocycles. The van der Waals surface area contributed by atoms with Crippen LogP contribution in [0.25, 0.3) is 0 Å². The normalized spacial score (nSPS) is 15.1. The molecule has 0 unspecified atom stereocenters. The smallest absolute Gasteiger partial charge is 0.127 e. The molecule has 0 saturated heterocycles. The Morgan fingerprint density at radius 2 is 2.12 bits per heavy atom. The van der Waals surface area contributed by atoms with Crippen LogP contribution in [-0.2, 0) is 6.54 Å². The Hall–Kier alpha value is -1.40. The Balaban J connectivity index is 2.00. The van der Waals surface area contributed by atoms with Gasteiger partial charge in [0.15, 0.2) is 0 Å². The van der Waals surface area contributed by atoms with Crippen molar-refractivity contribution in [3.8, 4) is 6.07 Å². The third kappa shape index (κ3) is 2.80. The molecule has 2 rings (SSSR count). The lowest BCUT2D eigenvalue weighted by atomic mass is 10.2. The summed E-state index contributed by atoms with van der Waals surface area (Å²) in [6, 6.07) is 9.57. The number of nitrogens with zero attached hydrogens (tertiary/aromatic N) is 2. The molecule has 1 aromatic carbocycles. The number of hydrogen-bond acceptors (Lipinski definition) is 2. The second-order valence-electron chi connectivity index (χ2n) is 4.20. The molecule has 1 aromatic rings. The summed E-state index contributed by atoms with van der Waals surface area (Å²) in [6.07, 6.45) is 2.88. The third-order valence-electron chi connectivity index (χ3n) is 2.91. The molecule has 0 aromatic heterocycles. The molecule has 0 spiro atoms. The van der Waals surface area contributed by atoms with Crippen LogP contribution < -0.4 is 0 Å². The molecule has 1 fully saturated rings. The predicted molar refractivity (Wildman–Crippen MR) is 60.1 cm³/mol. The Morgan fingerprint density at radius 1 is 1.38 bits per heavy atom. The fourth-order valence-electron chi connectivity index (χ4n) is 1.87. The molecule has 0 N–H and O–H groups in total. The van der Waals surface area contributed by atoms with Gasteiger partial charge in [-0.2, -0.15) is 5.26 Å². The van der Waals surface area contributed by atoms with Crippen molar-refractivity contribution >= 4 is 0 Å². The van der Waals surface area contributed by atoms with Gasteiger partial charge in [-0.3, -0.25) is 4.90 Å². The monoisotopic (exact) mass is 218 g/mol. The summed E-state index contributed by atoms with van der Waals surface area (Å²) < 4.78 is 13.5. The van der Waals surface area contributed by atoms with Gasteiger partial charge in [-0.05, 0) is 18.9 Å². The highest BCUT2D eigenvalue weighted by molar-refractivity contribution is 5.17. The van der Waals surface area contributed by atoms with E-state index in [2.05, 4.69) is 11.0 Å². The van der Waals surface area contributed by atoms with Crippen molar-refractivity contribution in [2.75, 3.05) is 6.54 Å². The lowest BCUT2D eigenvalue weighted by Crippen LogP contribution is -2.26. The zero-order valence-electron chi connectivity index (χ0n) is 9.19. The van der Waals surface area contributed by atoms with E-state index >= 15 is 0 Å². The van der Waals surface area contributed by atoms with Crippen molar-refractivity contribution in [3.63, 3.8) is 0 Å². The van der Waals surface area contributed by atoms with Crippen molar-refractivity contribution < 1.29 is 4.39 Å². The first-order valence-corrected chi connectivity index (χ1v) is 5.65. The highest BCUT2D eigenvalue weighted by atomic mass is 19.1. The fourth-order valence-corrected chi connectivity index (χ4v) is 1.87. The van der Waals surface area contributed by atoms with Gasteiger partial charge >= 0.3 is 0 Å². The zero-order chi connectivity index (χ0) is 11.4. The number of hydrogen-bond donors (Lipinski definition) is 0. The molecule has 1 aliphatic carbocycles. The molecular formula is C13H15FN2. The summed E-state index contributed by atoms with van der Waals surface area (Å²) in [6.45, 7) is 1.37. The maximum absolute atomic E-state index is 13.5. The van der Waals surface area contributed by atoms with Crippen molar-refractivity contribution in [3.05, 3.63) is 35.6 Å². The fraction of sp³-hybridized carbons (Fsp3) is 0.462. The van der Waals surface area contributed by atoms with Crippen LogP contribution >= 0.6 is 0 Å². The van der Waals surface area contributed by atoms with E-state index in [-0.39, 0.29) is 5.82 Å². The summed E-state index contributed by atoms with van der Waals surface area (Å²) >= 11 is 0. The second kappa shape index (κ2) is 5.09. The van der Waals surface area contributed by atoms with Gasteiger partial charge in [-0.1, -0.05) is 18.2 Å². The van der Waals surface area contributed by atoms with E-state index in [9.17, 15) is 4.39 Å². The minimum Gasteiger partial charge on any atom is -0.295 e. The van der Waals surface area contributed by atoms with Gasteiger partial charge in [0, 0.05) is 31.1 Å². The first-order chi connectivity index (χ1) is 7.81. The van der Waals surface area contributed by atoms with E-state index in [1.54, 1.807) is 6.07 Å². The van der Waals surface area contributed by atoms with Gasteiger partial charge in [-0.25, -0.2) is 4.39 Å². The molecular weight excluding hydrogens is 203 g/mol. The van der Waals surface area contributed by atoms with E-state index in [4.69, 9.17) is 5.26 Å². The van der Waals surface area contributed by atoms with Gasteiger partial charge in [0.2, 0.25) is 0 Å². The Bertz CT molecular complexity index is 393. The highest BCUT2D eigenvalue weighted by Crippen LogP contribution is 2.28. The highest BCUT2D eigenvalue weighted by Gasteiger charge is 2.28. The Morgan fingerprint density at radius 3 is 2.75 bits per heavy atom.